The third-order valence-electron chi connectivity index (χ3n) is 3.52. The molecule has 19 heavy (non-hydrogen) atoms. The van der Waals surface area contributed by atoms with Crippen LogP contribution in [0, 0.1) is 0 Å². The molecule has 1 saturated heterocycles. The summed E-state index contributed by atoms with van der Waals surface area (Å²) in [4.78, 5) is 39.0. The van der Waals surface area contributed by atoms with Gasteiger partial charge in [-0.15, -0.1) is 0 Å². The van der Waals surface area contributed by atoms with Crippen LogP contribution in [0.5, 0.6) is 0 Å². The van der Waals surface area contributed by atoms with Crippen LogP contribution in [0.2, 0.25) is 0 Å². The largest absolute Gasteiger partial charge is 0.350 e. The van der Waals surface area contributed by atoms with E-state index in [2.05, 4.69) is 22.1 Å². The van der Waals surface area contributed by atoms with Gasteiger partial charge < -0.3 is 9.88 Å². The van der Waals surface area contributed by atoms with Crippen LogP contribution >= 0.6 is 0 Å². The second-order valence-corrected chi connectivity index (χ2v) is 4.69. The molecule has 1 aromatic heterocycles. The number of carbonyl (C=O) groups excluding carboxylic acids is 1. The molecule has 7 heteroatoms. The Morgan fingerprint density at radius 3 is 2.84 bits per heavy atom. The number of nitrogens with one attached hydrogen (secondary N) is 2. The molecule has 1 aromatic rings. The summed E-state index contributed by atoms with van der Waals surface area (Å²) in [6.45, 7) is 4.61. The highest BCUT2D eigenvalue weighted by atomic mass is 16.2. The van der Waals surface area contributed by atoms with Crippen LogP contribution in [0.25, 0.3) is 0 Å². The average Bonchev–Trinajstić information content (AvgIpc) is 2.33. The van der Waals surface area contributed by atoms with Crippen LogP contribution in [0.15, 0.2) is 15.8 Å². The number of aromatic amines is 1. The van der Waals surface area contributed by atoms with Gasteiger partial charge in [0.25, 0.3) is 11.5 Å². The van der Waals surface area contributed by atoms with Gasteiger partial charge in [0.15, 0.2) is 0 Å². The number of nitrogens with zero attached hydrogens (tertiary/aromatic N) is 2. The summed E-state index contributed by atoms with van der Waals surface area (Å²) in [7, 11) is 1.49. The number of amides is 1. The van der Waals surface area contributed by atoms with Crippen LogP contribution in [-0.4, -0.2) is 46.0 Å². The predicted octanol–water partition coefficient (Wildman–Crippen LogP) is -1.10. The Morgan fingerprint density at radius 2 is 2.26 bits per heavy atom. The third kappa shape index (κ3) is 2.76. The number of H-pyrrole nitrogens is 1. The van der Waals surface area contributed by atoms with Gasteiger partial charge in [0, 0.05) is 32.4 Å². The lowest BCUT2D eigenvalue weighted by Gasteiger charge is -2.40. The Bertz CT molecular complexity index is 587. The molecule has 0 aliphatic carbocycles. The summed E-state index contributed by atoms with van der Waals surface area (Å²) in [5, 5.41) is 2.74. The fraction of sp³-hybridized carbons (Fsp3) is 0.583. The zero-order valence-corrected chi connectivity index (χ0v) is 11.1. The van der Waals surface area contributed by atoms with E-state index in [4.69, 9.17) is 0 Å². The van der Waals surface area contributed by atoms with Gasteiger partial charge in [0.05, 0.1) is 0 Å². The minimum absolute atomic E-state index is 0.0375. The fourth-order valence-corrected chi connectivity index (χ4v) is 2.17. The van der Waals surface area contributed by atoms with Gasteiger partial charge in [0.1, 0.15) is 5.56 Å². The van der Waals surface area contributed by atoms with Crippen LogP contribution in [-0.2, 0) is 7.05 Å². The molecule has 0 aromatic carbocycles. The van der Waals surface area contributed by atoms with Crippen LogP contribution < -0.4 is 16.6 Å². The highest BCUT2D eigenvalue weighted by Gasteiger charge is 2.26. The monoisotopic (exact) mass is 266 g/mol. The van der Waals surface area contributed by atoms with E-state index in [1.807, 2.05) is 0 Å². The number of likely N-dealkylation sites (N-methyl/N-ethyl adjacent to an activating group) is 1. The summed E-state index contributed by atoms with van der Waals surface area (Å²) >= 11 is 0. The van der Waals surface area contributed by atoms with Gasteiger partial charge in [-0.05, 0) is 13.0 Å². The van der Waals surface area contributed by atoms with E-state index >= 15 is 0 Å². The standard InChI is InChI=1S/C12H18N4O3/c1-3-16-5-4-8(16)6-13-10(17)9-7-15(2)12(19)14-11(9)18/h7-8H,3-6H2,1-2H3,(H,13,17)(H,14,18,19). The summed E-state index contributed by atoms with van der Waals surface area (Å²) in [5.41, 5.74) is -1.22. The maximum atomic E-state index is 11.9. The summed E-state index contributed by atoms with van der Waals surface area (Å²) in [6, 6.07) is 0.348. The quantitative estimate of drug-likeness (QED) is 0.724. The van der Waals surface area contributed by atoms with Gasteiger partial charge in [-0.25, -0.2) is 4.79 Å². The fourth-order valence-electron chi connectivity index (χ4n) is 2.17. The maximum Gasteiger partial charge on any atom is 0.328 e. The summed E-state index contributed by atoms with van der Waals surface area (Å²) < 4.78 is 1.18. The predicted molar refractivity (Wildman–Crippen MR) is 70.3 cm³/mol. The Labute approximate surface area is 110 Å². The Hall–Kier alpha value is -1.89. The van der Waals surface area contributed by atoms with Crippen molar-refractivity contribution >= 4 is 5.91 Å². The zero-order chi connectivity index (χ0) is 14.0. The van der Waals surface area contributed by atoms with Crippen molar-refractivity contribution in [2.45, 2.75) is 19.4 Å². The van der Waals surface area contributed by atoms with E-state index in [-0.39, 0.29) is 5.56 Å². The van der Waals surface area contributed by atoms with Gasteiger partial charge in [-0.1, -0.05) is 6.92 Å². The van der Waals surface area contributed by atoms with E-state index in [9.17, 15) is 14.4 Å². The molecular formula is C12H18N4O3. The van der Waals surface area contributed by atoms with Gasteiger partial charge >= 0.3 is 5.69 Å². The van der Waals surface area contributed by atoms with E-state index in [0.717, 1.165) is 19.5 Å². The molecule has 2 rings (SSSR count). The Kier molecular flexibility index (Phi) is 3.84. The molecule has 7 nitrogen and oxygen atoms in total. The van der Waals surface area contributed by atoms with Gasteiger partial charge in [-0.2, -0.15) is 0 Å². The minimum atomic E-state index is -0.651. The highest BCUT2D eigenvalue weighted by Crippen LogP contribution is 2.15. The Morgan fingerprint density at radius 1 is 1.53 bits per heavy atom. The van der Waals surface area contributed by atoms with E-state index in [1.54, 1.807) is 0 Å². The van der Waals surface area contributed by atoms with Crippen molar-refractivity contribution in [1.29, 1.82) is 0 Å². The second kappa shape index (κ2) is 5.40. The van der Waals surface area contributed by atoms with E-state index < -0.39 is 17.2 Å². The molecule has 1 aliphatic heterocycles. The van der Waals surface area contributed by atoms with Crippen molar-refractivity contribution < 1.29 is 4.79 Å². The number of hydrogen-bond donors (Lipinski definition) is 2. The highest BCUT2D eigenvalue weighted by molar-refractivity contribution is 5.93. The first kappa shape index (κ1) is 13.5. The number of aromatic nitrogens is 2. The lowest BCUT2D eigenvalue weighted by atomic mass is 10.0. The van der Waals surface area contributed by atoms with E-state index in [1.165, 1.54) is 17.8 Å². The average molecular weight is 266 g/mol. The molecule has 1 amide bonds. The number of hydrogen-bond acceptors (Lipinski definition) is 4. The Balaban J connectivity index is 2.02. The molecule has 0 radical (unpaired) electrons. The third-order valence-corrected chi connectivity index (χ3v) is 3.52. The van der Waals surface area contributed by atoms with Gasteiger partial charge in [-0.3, -0.25) is 19.5 Å². The maximum absolute atomic E-state index is 11.9. The molecule has 0 spiro atoms. The van der Waals surface area contributed by atoms with Crippen molar-refractivity contribution in [2.75, 3.05) is 19.6 Å². The molecule has 104 valence electrons. The van der Waals surface area contributed by atoms with Crippen LogP contribution in [0.3, 0.4) is 0 Å². The van der Waals surface area contributed by atoms with Crippen molar-refractivity contribution in [3.8, 4) is 0 Å². The first-order valence-electron chi connectivity index (χ1n) is 6.35. The zero-order valence-electron chi connectivity index (χ0n) is 11.1. The van der Waals surface area contributed by atoms with Crippen molar-refractivity contribution in [3.63, 3.8) is 0 Å². The lowest BCUT2D eigenvalue weighted by molar-refractivity contribution is 0.0812. The summed E-state index contributed by atoms with van der Waals surface area (Å²) in [5.74, 6) is -0.445. The van der Waals surface area contributed by atoms with E-state index in [0.29, 0.717) is 12.6 Å². The molecule has 2 N–H and O–H groups in total. The molecule has 0 saturated carbocycles. The SMILES string of the molecule is CCN1CCC1CNC(=O)c1cn(C)c(=O)[nH]c1=O. The molecule has 1 aliphatic rings. The molecule has 2 heterocycles. The number of aryl methyl sites for hydroxylation is 1. The normalized spacial score (nSPS) is 18.9. The molecule has 1 fully saturated rings. The van der Waals surface area contributed by atoms with Crippen molar-refractivity contribution in [1.82, 2.24) is 19.8 Å². The first-order valence-corrected chi connectivity index (χ1v) is 6.35. The summed E-state index contributed by atoms with van der Waals surface area (Å²) in [6.07, 6.45) is 2.31. The number of rotatable bonds is 4. The van der Waals surface area contributed by atoms with Crippen LogP contribution in [0.1, 0.15) is 23.7 Å². The smallest absolute Gasteiger partial charge is 0.328 e. The molecule has 0 bridgehead atoms. The van der Waals surface area contributed by atoms with Crippen molar-refractivity contribution in [3.05, 3.63) is 32.6 Å². The molecular weight excluding hydrogens is 248 g/mol. The topological polar surface area (TPSA) is 87.2 Å². The molecule has 1 unspecified atom stereocenters. The first-order chi connectivity index (χ1) is 9.02. The second-order valence-electron chi connectivity index (χ2n) is 4.69. The van der Waals surface area contributed by atoms with Crippen molar-refractivity contribution in [2.24, 2.45) is 7.05 Å². The lowest BCUT2D eigenvalue weighted by Crippen LogP contribution is -2.53. The molecule has 1 atom stereocenters. The van der Waals surface area contributed by atoms with Crippen LogP contribution in [0.4, 0.5) is 0 Å². The number of carbonyl (C=O) groups is 1. The number of likely N-dealkylation sites (tertiary alicyclic amines) is 1. The minimum Gasteiger partial charge on any atom is -0.350 e. The van der Waals surface area contributed by atoms with Gasteiger partial charge in [0.2, 0.25) is 0 Å².